The number of likely N-dealkylation sites (N-methyl/N-ethyl adjacent to an activating group) is 1. The lowest BCUT2D eigenvalue weighted by Crippen LogP contribution is -2.47. The van der Waals surface area contributed by atoms with Gasteiger partial charge in [-0.05, 0) is 7.05 Å². The van der Waals surface area contributed by atoms with Gasteiger partial charge < -0.3 is 10.0 Å². The molecule has 17 heavy (non-hydrogen) atoms. The molecule has 0 atom stereocenters. The van der Waals surface area contributed by atoms with Crippen LogP contribution in [0.3, 0.4) is 0 Å². The van der Waals surface area contributed by atoms with E-state index in [2.05, 4.69) is 22.8 Å². The molecule has 0 aromatic rings. The Morgan fingerprint density at radius 1 is 1.41 bits per heavy atom. The van der Waals surface area contributed by atoms with Crippen LogP contribution in [0.2, 0.25) is 0 Å². The predicted molar refractivity (Wildman–Crippen MR) is 66.8 cm³/mol. The highest BCUT2D eigenvalue weighted by Gasteiger charge is 2.15. The van der Waals surface area contributed by atoms with Crippen LogP contribution in [-0.4, -0.2) is 85.2 Å². The third-order valence-corrected chi connectivity index (χ3v) is 3.00. The van der Waals surface area contributed by atoms with Crippen molar-refractivity contribution < 1.29 is 9.90 Å². The van der Waals surface area contributed by atoms with Gasteiger partial charge in [-0.25, -0.2) is 0 Å². The Hall–Kier alpha value is -1.09. The SMILES string of the molecule is C#CCN(CCN1CCN(C)CC1)CC(=O)O. The number of hydrogen-bond donors (Lipinski definition) is 1. The lowest BCUT2D eigenvalue weighted by Gasteiger charge is -2.33. The average Bonchev–Trinajstić information content (AvgIpc) is 2.27. The van der Waals surface area contributed by atoms with Gasteiger partial charge in [0.2, 0.25) is 0 Å². The molecule has 5 heteroatoms. The number of aliphatic carboxylic acids is 1. The molecule has 1 heterocycles. The van der Waals surface area contributed by atoms with Gasteiger partial charge in [-0.15, -0.1) is 6.42 Å². The topological polar surface area (TPSA) is 47.0 Å². The lowest BCUT2D eigenvalue weighted by molar-refractivity contribution is -0.138. The van der Waals surface area contributed by atoms with Gasteiger partial charge >= 0.3 is 5.97 Å². The summed E-state index contributed by atoms with van der Waals surface area (Å²) in [7, 11) is 2.12. The first-order valence-electron chi connectivity index (χ1n) is 5.90. The van der Waals surface area contributed by atoms with Crippen LogP contribution < -0.4 is 0 Å². The van der Waals surface area contributed by atoms with Crippen molar-refractivity contribution in [2.45, 2.75) is 0 Å². The molecule has 1 N–H and O–H groups in total. The van der Waals surface area contributed by atoms with Crippen molar-refractivity contribution in [1.82, 2.24) is 14.7 Å². The van der Waals surface area contributed by atoms with E-state index in [1.54, 1.807) is 4.90 Å². The van der Waals surface area contributed by atoms with Crippen LogP contribution in [0, 0.1) is 12.3 Å². The van der Waals surface area contributed by atoms with Crippen molar-refractivity contribution in [1.29, 1.82) is 0 Å². The minimum Gasteiger partial charge on any atom is -0.480 e. The van der Waals surface area contributed by atoms with Crippen LogP contribution in [0.15, 0.2) is 0 Å². The Kier molecular flexibility index (Phi) is 5.98. The average molecular weight is 239 g/mol. The van der Waals surface area contributed by atoms with Crippen molar-refractivity contribution >= 4 is 5.97 Å². The van der Waals surface area contributed by atoms with Crippen molar-refractivity contribution in [3.05, 3.63) is 0 Å². The molecule has 0 amide bonds. The monoisotopic (exact) mass is 239 g/mol. The maximum Gasteiger partial charge on any atom is 0.317 e. The second-order valence-corrected chi connectivity index (χ2v) is 4.45. The molecule has 1 saturated heterocycles. The highest BCUT2D eigenvalue weighted by molar-refractivity contribution is 5.69. The van der Waals surface area contributed by atoms with E-state index in [0.29, 0.717) is 6.54 Å². The summed E-state index contributed by atoms with van der Waals surface area (Å²) in [5.74, 6) is 1.68. The Morgan fingerprint density at radius 2 is 2.06 bits per heavy atom. The Balaban J connectivity index is 2.26. The fourth-order valence-electron chi connectivity index (χ4n) is 1.89. The van der Waals surface area contributed by atoms with E-state index >= 15 is 0 Å². The third-order valence-electron chi connectivity index (χ3n) is 3.00. The molecule has 0 radical (unpaired) electrons. The fourth-order valence-corrected chi connectivity index (χ4v) is 1.89. The molecular weight excluding hydrogens is 218 g/mol. The van der Waals surface area contributed by atoms with E-state index in [9.17, 15) is 4.79 Å². The van der Waals surface area contributed by atoms with Crippen molar-refractivity contribution in [2.24, 2.45) is 0 Å². The van der Waals surface area contributed by atoms with Crippen LogP contribution in [-0.2, 0) is 4.79 Å². The van der Waals surface area contributed by atoms with Crippen LogP contribution >= 0.6 is 0 Å². The maximum absolute atomic E-state index is 10.6. The molecule has 1 fully saturated rings. The highest BCUT2D eigenvalue weighted by atomic mass is 16.4. The number of carbonyl (C=O) groups is 1. The van der Waals surface area contributed by atoms with Gasteiger partial charge in [0.25, 0.3) is 0 Å². The number of hydrogen-bond acceptors (Lipinski definition) is 4. The molecule has 96 valence electrons. The predicted octanol–water partition coefficient (Wildman–Crippen LogP) is -0.746. The standard InChI is InChI=1S/C12H21N3O2/c1-3-4-15(11-12(16)17)10-9-14-7-5-13(2)6-8-14/h1H,4-11H2,2H3,(H,16,17). The van der Waals surface area contributed by atoms with Crippen LogP contribution in [0.4, 0.5) is 0 Å². The smallest absolute Gasteiger partial charge is 0.317 e. The molecular formula is C12H21N3O2. The molecule has 0 aromatic carbocycles. The summed E-state index contributed by atoms with van der Waals surface area (Å²) in [6.07, 6.45) is 5.23. The first kappa shape index (κ1) is 14.0. The zero-order valence-corrected chi connectivity index (χ0v) is 10.4. The van der Waals surface area contributed by atoms with Gasteiger partial charge in [-0.2, -0.15) is 0 Å². The zero-order chi connectivity index (χ0) is 12.7. The first-order valence-corrected chi connectivity index (χ1v) is 5.90. The van der Waals surface area contributed by atoms with Gasteiger partial charge in [0.15, 0.2) is 0 Å². The van der Waals surface area contributed by atoms with E-state index in [0.717, 1.165) is 39.3 Å². The minimum absolute atomic E-state index is 0.0257. The molecule has 0 bridgehead atoms. The van der Waals surface area contributed by atoms with Gasteiger partial charge in [-0.3, -0.25) is 14.6 Å². The summed E-state index contributed by atoms with van der Waals surface area (Å²) in [5.41, 5.74) is 0. The van der Waals surface area contributed by atoms with E-state index in [-0.39, 0.29) is 6.54 Å². The molecule has 0 spiro atoms. The fraction of sp³-hybridized carbons (Fsp3) is 0.750. The number of rotatable bonds is 6. The van der Waals surface area contributed by atoms with Crippen LogP contribution in [0.1, 0.15) is 0 Å². The van der Waals surface area contributed by atoms with E-state index in [1.165, 1.54) is 0 Å². The van der Waals surface area contributed by atoms with E-state index in [1.807, 2.05) is 0 Å². The Morgan fingerprint density at radius 3 is 2.59 bits per heavy atom. The summed E-state index contributed by atoms with van der Waals surface area (Å²) in [5, 5.41) is 8.75. The quantitative estimate of drug-likeness (QED) is 0.618. The maximum atomic E-state index is 10.6. The molecule has 0 aromatic heterocycles. The molecule has 0 unspecified atom stereocenters. The Labute approximate surface area is 103 Å². The number of piperazine rings is 1. The summed E-state index contributed by atoms with van der Waals surface area (Å²) in [6, 6.07) is 0. The lowest BCUT2D eigenvalue weighted by atomic mass is 10.3. The molecule has 0 saturated carbocycles. The number of carboxylic acid groups (broad SMARTS) is 1. The van der Waals surface area contributed by atoms with Crippen molar-refractivity contribution in [2.75, 3.05) is 59.4 Å². The Bertz CT molecular complexity index is 280. The number of carboxylic acids is 1. The van der Waals surface area contributed by atoms with Crippen molar-refractivity contribution in [3.63, 3.8) is 0 Å². The molecule has 5 nitrogen and oxygen atoms in total. The molecule has 1 rings (SSSR count). The second kappa shape index (κ2) is 7.28. The third kappa shape index (κ3) is 5.68. The van der Waals surface area contributed by atoms with E-state index < -0.39 is 5.97 Å². The van der Waals surface area contributed by atoms with Crippen LogP contribution in [0.5, 0.6) is 0 Å². The van der Waals surface area contributed by atoms with Gasteiger partial charge in [0, 0.05) is 39.3 Å². The van der Waals surface area contributed by atoms with Gasteiger partial charge in [-0.1, -0.05) is 5.92 Å². The number of nitrogens with zero attached hydrogens (tertiary/aromatic N) is 3. The molecule has 0 aliphatic carbocycles. The largest absolute Gasteiger partial charge is 0.480 e. The zero-order valence-electron chi connectivity index (χ0n) is 10.4. The van der Waals surface area contributed by atoms with Crippen LogP contribution in [0.25, 0.3) is 0 Å². The van der Waals surface area contributed by atoms with E-state index in [4.69, 9.17) is 11.5 Å². The normalized spacial score (nSPS) is 18.2. The minimum atomic E-state index is -0.821. The summed E-state index contributed by atoms with van der Waals surface area (Å²) in [6.45, 7) is 6.30. The number of terminal acetylenes is 1. The first-order chi connectivity index (χ1) is 8.11. The summed E-state index contributed by atoms with van der Waals surface area (Å²) in [4.78, 5) is 17.1. The summed E-state index contributed by atoms with van der Waals surface area (Å²) >= 11 is 0. The van der Waals surface area contributed by atoms with Crippen molar-refractivity contribution in [3.8, 4) is 12.3 Å². The molecule has 1 aliphatic rings. The summed E-state index contributed by atoms with van der Waals surface area (Å²) < 4.78 is 0. The molecule has 1 aliphatic heterocycles. The van der Waals surface area contributed by atoms with Gasteiger partial charge in [0.05, 0.1) is 13.1 Å². The van der Waals surface area contributed by atoms with Gasteiger partial charge in [0.1, 0.15) is 0 Å². The highest BCUT2D eigenvalue weighted by Crippen LogP contribution is 1.99. The second-order valence-electron chi connectivity index (χ2n) is 4.45.